The molecule has 0 aliphatic carbocycles. The van der Waals surface area contributed by atoms with E-state index in [4.69, 9.17) is 4.74 Å². The number of hydrogen-bond acceptors (Lipinski definition) is 3. The molecule has 1 N–H and O–H groups in total. The van der Waals surface area contributed by atoms with Crippen molar-refractivity contribution >= 4 is 5.91 Å². The maximum Gasteiger partial charge on any atom is 0.222 e. The van der Waals surface area contributed by atoms with E-state index >= 15 is 0 Å². The third kappa shape index (κ3) is 6.16. The molecule has 4 nitrogen and oxygen atoms in total. The zero-order valence-corrected chi connectivity index (χ0v) is 15.2. The first-order valence-electron chi connectivity index (χ1n) is 9.37. The first-order valence-corrected chi connectivity index (χ1v) is 9.37. The topological polar surface area (TPSA) is 41.6 Å². The Bertz CT molecular complexity index is 479. The minimum atomic E-state index is 0.329. The predicted octanol–water partition coefficient (Wildman–Crippen LogP) is 3.26. The number of amides is 1. The third-order valence-corrected chi connectivity index (χ3v) is 4.86. The summed E-state index contributed by atoms with van der Waals surface area (Å²) in [5.41, 5.74) is 1.38. The third-order valence-electron chi connectivity index (χ3n) is 4.86. The number of hydrogen-bond donors (Lipinski definition) is 1. The Morgan fingerprint density at radius 3 is 2.58 bits per heavy atom. The molecule has 1 amide bonds. The van der Waals surface area contributed by atoms with Gasteiger partial charge in [-0.05, 0) is 76.2 Å². The van der Waals surface area contributed by atoms with Gasteiger partial charge in [0, 0.05) is 19.5 Å². The highest BCUT2D eigenvalue weighted by Gasteiger charge is 2.22. The molecule has 0 atom stereocenters. The van der Waals surface area contributed by atoms with Crippen LogP contribution < -0.4 is 10.1 Å². The number of carbonyl (C=O) groups is 1. The van der Waals surface area contributed by atoms with Gasteiger partial charge in [0.1, 0.15) is 5.75 Å². The number of benzene rings is 1. The van der Waals surface area contributed by atoms with Crippen molar-refractivity contribution in [2.45, 2.75) is 45.4 Å². The highest BCUT2D eigenvalue weighted by atomic mass is 16.5. The zero-order valence-electron chi connectivity index (χ0n) is 15.2. The lowest BCUT2D eigenvalue weighted by atomic mass is 9.90. The normalized spacial score (nSPS) is 15.5. The summed E-state index contributed by atoms with van der Waals surface area (Å²) in [5.74, 6) is 2.03. The number of likely N-dealkylation sites (tertiary alicyclic amines) is 1. The van der Waals surface area contributed by atoms with E-state index in [2.05, 4.69) is 34.5 Å². The number of aryl methyl sites for hydroxylation is 1. The van der Waals surface area contributed by atoms with E-state index < -0.39 is 0 Å². The lowest BCUT2D eigenvalue weighted by Crippen LogP contribution is -2.38. The van der Waals surface area contributed by atoms with E-state index in [0.717, 1.165) is 57.0 Å². The van der Waals surface area contributed by atoms with Crippen LogP contribution in [0.2, 0.25) is 0 Å². The SMILES string of the molecule is CCOc1ccc(CCC2CCN(C(=O)CCCNC)CC2)cc1. The Balaban J connectivity index is 1.66. The summed E-state index contributed by atoms with van der Waals surface area (Å²) in [5, 5.41) is 3.10. The number of piperidine rings is 1. The van der Waals surface area contributed by atoms with Crippen LogP contribution in [0.1, 0.15) is 44.6 Å². The summed E-state index contributed by atoms with van der Waals surface area (Å²) in [4.78, 5) is 14.2. The van der Waals surface area contributed by atoms with Gasteiger partial charge >= 0.3 is 0 Å². The fourth-order valence-corrected chi connectivity index (χ4v) is 3.34. The van der Waals surface area contributed by atoms with Crippen LogP contribution in [0, 0.1) is 5.92 Å². The van der Waals surface area contributed by atoms with Crippen molar-refractivity contribution in [1.82, 2.24) is 10.2 Å². The molecule has 24 heavy (non-hydrogen) atoms. The van der Waals surface area contributed by atoms with Crippen molar-refractivity contribution in [3.05, 3.63) is 29.8 Å². The molecule has 1 aromatic carbocycles. The van der Waals surface area contributed by atoms with Gasteiger partial charge in [-0.2, -0.15) is 0 Å². The summed E-state index contributed by atoms with van der Waals surface area (Å²) in [6.07, 6.45) is 6.25. The molecule has 1 fully saturated rings. The van der Waals surface area contributed by atoms with Gasteiger partial charge in [0.25, 0.3) is 0 Å². The molecule has 0 unspecified atom stereocenters. The minimum Gasteiger partial charge on any atom is -0.494 e. The average molecular weight is 332 g/mol. The fraction of sp³-hybridized carbons (Fsp3) is 0.650. The molecule has 2 rings (SSSR count). The van der Waals surface area contributed by atoms with Crippen LogP contribution in [-0.2, 0) is 11.2 Å². The van der Waals surface area contributed by atoms with E-state index in [1.165, 1.54) is 12.0 Å². The maximum absolute atomic E-state index is 12.1. The number of carbonyl (C=O) groups excluding carboxylic acids is 1. The highest BCUT2D eigenvalue weighted by Crippen LogP contribution is 2.23. The number of rotatable bonds is 9. The molecule has 0 saturated carbocycles. The van der Waals surface area contributed by atoms with Crippen LogP contribution >= 0.6 is 0 Å². The predicted molar refractivity (Wildman–Crippen MR) is 98.4 cm³/mol. The Hall–Kier alpha value is -1.55. The van der Waals surface area contributed by atoms with Crippen LogP contribution in [-0.4, -0.2) is 44.1 Å². The smallest absolute Gasteiger partial charge is 0.222 e. The molecule has 1 aliphatic rings. The largest absolute Gasteiger partial charge is 0.494 e. The Morgan fingerprint density at radius 1 is 1.25 bits per heavy atom. The van der Waals surface area contributed by atoms with E-state index in [0.29, 0.717) is 18.9 Å². The molecule has 1 saturated heterocycles. The van der Waals surface area contributed by atoms with E-state index in [1.54, 1.807) is 0 Å². The van der Waals surface area contributed by atoms with E-state index in [1.807, 2.05) is 14.0 Å². The molecule has 0 aromatic heterocycles. The van der Waals surface area contributed by atoms with Gasteiger partial charge in [-0.25, -0.2) is 0 Å². The van der Waals surface area contributed by atoms with Crippen LogP contribution in [0.5, 0.6) is 5.75 Å². The van der Waals surface area contributed by atoms with Gasteiger partial charge < -0.3 is 15.0 Å². The maximum atomic E-state index is 12.1. The minimum absolute atomic E-state index is 0.329. The lowest BCUT2D eigenvalue weighted by molar-refractivity contribution is -0.132. The van der Waals surface area contributed by atoms with Crippen molar-refractivity contribution in [2.75, 3.05) is 33.3 Å². The molecule has 1 aliphatic heterocycles. The molecule has 0 radical (unpaired) electrons. The second kappa shape index (κ2) is 10.3. The van der Waals surface area contributed by atoms with Gasteiger partial charge in [0.2, 0.25) is 5.91 Å². The number of ether oxygens (including phenoxy) is 1. The summed E-state index contributed by atoms with van der Waals surface area (Å²) in [6.45, 7) is 5.51. The van der Waals surface area contributed by atoms with Crippen molar-refractivity contribution < 1.29 is 9.53 Å². The number of nitrogens with zero attached hydrogens (tertiary/aromatic N) is 1. The van der Waals surface area contributed by atoms with Gasteiger partial charge in [-0.1, -0.05) is 12.1 Å². The van der Waals surface area contributed by atoms with Gasteiger partial charge in [-0.3, -0.25) is 4.79 Å². The zero-order chi connectivity index (χ0) is 17.2. The Morgan fingerprint density at radius 2 is 1.96 bits per heavy atom. The molecule has 0 bridgehead atoms. The average Bonchev–Trinajstić information content (AvgIpc) is 2.62. The van der Waals surface area contributed by atoms with Crippen LogP contribution in [0.4, 0.5) is 0 Å². The molecule has 1 aromatic rings. The molecule has 134 valence electrons. The molecular formula is C20H32N2O2. The van der Waals surface area contributed by atoms with Crippen molar-refractivity contribution in [2.24, 2.45) is 5.92 Å². The van der Waals surface area contributed by atoms with Crippen molar-refractivity contribution in [3.63, 3.8) is 0 Å². The second-order valence-corrected chi connectivity index (χ2v) is 6.65. The standard InChI is InChI=1S/C20H32N2O2/c1-3-24-19-10-8-17(9-11-19)6-7-18-12-15-22(16-13-18)20(23)5-4-14-21-2/h8-11,18,21H,3-7,12-16H2,1-2H3. The summed E-state index contributed by atoms with van der Waals surface area (Å²) < 4.78 is 5.48. The van der Waals surface area contributed by atoms with Gasteiger partial charge in [-0.15, -0.1) is 0 Å². The second-order valence-electron chi connectivity index (χ2n) is 6.65. The lowest BCUT2D eigenvalue weighted by Gasteiger charge is -2.32. The summed E-state index contributed by atoms with van der Waals surface area (Å²) >= 11 is 0. The first kappa shape index (κ1) is 18.8. The quantitative estimate of drug-likeness (QED) is 0.706. The van der Waals surface area contributed by atoms with E-state index in [-0.39, 0.29) is 0 Å². The van der Waals surface area contributed by atoms with Crippen LogP contribution in [0.25, 0.3) is 0 Å². The van der Waals surface area contributed by atoms with Gasteiger partial charge in [0.05, 0.1) is 6.61 Å². The van der Waals surface area contributed by atoms with E-state index in [9.17, 15) is 4.79 Å². The van der Waals surface area contributed by atoms with Gasteiger partial charge in [0.15, 0.2) is 0 Å². The fourth-order valence-electron chi connectivity index (χ4n) is 3.34. The Labute approximate surface area is 146 Å². The Kier molecular flexibility index (Phi) is 8.10. The summed E-state index contributed by atoms with van der Waals surface area (Å²) in [7, 11) is 1.93. The number of nitrogens with one attached hydrogen (secondary N) is 1. The monoisotopic (exact) mass is 332 g/mol. The summed E-state index contributed by atoms with van der Waals surface area (Å²) in [6, 6.07) is 8.47. The van der Waals surface area contributed by atoms with Crippen LogP contribution in [0.3, 0.4) is 0 Å². The molecule has 1 heterocycles. The first-order chi connectivity index (χ1) is 11.7. The van der Waals surface area contributed by atoms with Crippen LogP contribution in [0.15, 0.2) is 24.3 Å². The van der Waals surface area contributed by atoms with Crippen molar-refractivity contribution in [1.29, 1.82) is 0 Å². The highest BCUT2D eigenvalue weighted by molar-refractivity contribution is 5.76. The molecule has 0 spiro atoms. The molecule has 4 heteroatoms. The van der Waals surface area contributed by atoms with Crippen molar-refractivity contribution in [3.8, 4) is 5.75 Å². The molecular weight excluding hydrogens is 300 g/mol.